The fourth-order valence-electron chi connectivity index (χ4n) is 1.73. The van der Waals surface area contributed by atoms with Crippen LogP contribution >= 0.6 is 0 Å². The smallest absolute Gasteiger partial charge is 0.335 e. The van der Waals surface area contributed by atoms with Crippen LogP contribution in [0.4, 0.5) is 4.39 Å². The highest BCUT2D eigenvalue weighted by atomic mass is 32.2. The third kappa shape index (κ3) is 2.68. The molecule has 0 aliphatic heterocycles. The normalized spacial score (nSPS) is 23.4. The van der Waals surface area contributed by atoms with Gasteiger partial charge in [0.1, 0.15) is 6.17 Å². The summed E-state index contributed by atoms with van der Waals surface area (Å²) in [7, 11) is -3.78. The summed E-state index contributed by atoms with van der Waals surface area (Å²) in [6.45, 7) is 0. The summed E-state index contributed by atoms with van der Waals surface area (Å²) in [6, 6.07) is 4.65. The Balaban J connectivity index is 2.19. The number of benzene rings is 1. The van der Waals surface area contributed by atoms with E-state index >= 15 is 0 Å². The van der Waals surface area contributed by atoms with Crippen LogP contribution in [0.5, 0.6) is 0 Å². The average Bonchev–Trinajstić information content (AvgIpc) is 2.27. The summed E-state index contributed by atoms with van der Waals surface area (Å²) in [5.74, 6) is -1.19. The molecule has 1 aliphatic rings. The summed E-state index contributed by atoms with van der Waals surface area (Å²) in [4.78, 5) is 10.6. The highest BCUT2D eigenvalue weighted by Gasteiger charge is 2.32. The molecule has 0 bridgehead atoms. The number of sulfonamides is 1. The summed E-state index contributed by atoms with van der Waals surface area (Å²) >= 11 is 0. The Kier molecular flexibility index (Phi) is 3.36. The Hall–Kier alpha value is -1.47. The van der Waals surface area contributed by atoms with E-state index in [-0.39, 0.29) is 23.3 Å². The van der Waals surface area contributed by atoms with E-state index in [0.29, 0.717) is 0 Å². The lowest BCUT2D eigenvalue weighted by Crippen LogP contribution is -2.45. The summed E-state index contributed by atoms with van der Waals surface area (Å²) < 4.78 is 38.7. The number of carbonyl (C=O) groups is 1. The van der Waals surface area contributed by atoms with Crippen molar-refractivity contribution >= 4 is 16.0 Å². The molecule has 7 heteroatoms. The SMILES string of the molecule is O=C(O)c1cccc(S(=O)(=O)NC2CC(F)C2)c1. The first-order chi connectivity index (χ1) is 8.38. The van der Waals surface area contributed by atoms with Crippen molar-refractivity contribution in [2.24, 2.45) is 0 Å². The van der Waals surface area contributed by atoms with E-state index in [1.54, 1.807) is 0 Å². The van der Waals surface area contributed by atoms with Gasteiger partial charge in [0, 0.05) is 6.04 Å². The molecule has 0 heterocycles. The Bertz CT molecular complexity index is 566. The molecule has 0 radical (unpaired) electrons. The van der Waals surface area contributed by atoms with E-state index < -0.39 is 28.2 Å². The molecular weight excluding hydrogens is 261 g/mol. The second-order valence-electron chi connectivity index (χ2n) is 4.22. The van der Waals surface area contributed by atoms with Crippen molar-refractivity contribution in [3.05, 3.63) is 29.8 Å². The number of aromatic carboxylic acids is 1. The first kappa shape index (κ1) is 13.0. The lowest BCUT2D eigenvalue weighted by Gasteiger charge is -2.29. The maximum atomic E-state index is 12.6. The Morgan fingerprint density at radius 3 is 2.61 bits per heavy atom. The van der Waals surface area contributed by atoms with Crippen molar-refractivity contribution in [3.8, 4) is 0 Å². The fourth-order valence-corrected chi connectivity index (χ4v) is 3.04. The van der Waals surface area contributed by atoms with Gasteiger partial charge in [-0.3, -0.25) is 0 Å². The molecule has 5 nitrogen and oxygen atoms in total. The van der Waals surface area contributed by atoms with Crippen molar-refractivity contribution in [2.75, 3.05) is 0 Å². The van der Waals surface area contributed by atoms with Crippen LogP contribution in [0.1, 0.15) is 23.2 Å². The molecule has 18 heavy (non-hydrogen) atoms. The summed E-state index contributed by atoms with van der Waals surface area (Å²) in [6.07, 6.45) is -0.626. The van der Waals surface area contributed by atoms with E-state index in [4.69, 9.17) is 5.11 Å². The van der Waals surface area contributed by atoms with Gasteiger partial charge in [0.25, 0.3) is 0 Å². The van der Waals surface area contributed by atoms with E-state index in [1.165, 1.54) is 18.2 Å². The van der Waals surface area contributed by atoms with E-state index in [1.807, 2.05) is 0 Å². The first-order valence-corrected chi connectivity index (χ1v) is 6.86. The van der Waals surface area contributed by atoms with Gasteiger partial charge in [0.2, 0.25) is 10.0 Å². The molecule has 2 rings (SSSR count). The number of nitrogens with one attached hydrogen (secondary N) is 1. The molecule has 2 N–H and O–H groups in total. The van der Waals surface area contributed by atoms with Crippen molar-refractivity contribution in [3.63, 3.8) is 0 Å². The lowest BCUT2D eigenvalue weighted by molar-refractivity contribution is 0.0696. The quantitative estimate of drug-likeness (QED) is 0.862. The van der Waals surface area contributed by atoms with Crippen LogP contribution in [0.25, 0.3) is 0 Å². The minimum absolute atomic E-state index is 0.102. The van der Waals surface area contributed by atoms with Gasteiger partial charge < -0.3 is 5.11 Å². The van der Waals surface area contributed by atoms with Gasteiger partial charge in [0.05, 0.1) is 10.5 Å². The van der Waals surface area contributed by atoms with Crippen LogP contribution in [-0.4, -0.2) is 31.7 Å². The van der Waals surface area contributed by atoms with Crippen LogP contribution in [0.15, 0.2) is 29.2 Å². The van der Waals surface area contributed by atoms with Crippen LogP contribution in [-0.2, 0) is 10.0 Å². The van der Waals surface area contributed by atoms with Crippen LogP contribution < -0.4 is 4.72 Å². The Labute approximate surface area is 104 Å². The predicted octanol–water partition coefficient (Wildman–Crippen LogP) is 1.16. The Morgan fingerprint density at radius 2 is 2.06 bits per heavy atom. The van der Waals surface area contributed by atoms with Gasteiger partial charge in [0.15, 0.2) is 0 Å². The van der Waals surface area contributed by atoms with Crippen LogP contribution in [0.3, 0.4) is 0 Å². The number of hydrogen-bond donors (Lipinski definition) is 2. The molecule has 1 aromatic carbocycles. The van der Waals surface area contributed by atoms with Gasteiger partial charge in [-0.1, -0.05) is 6.07 Å². The topological polar surface area (TPSA) is 83.5 Å². The molecule has 98 valence electrons. The largest absolute Gasteiger partial charge is 0.478 e. The minimum atomic E-state index is -3.78. The molecular formula is C11H12FNO4S. The molecule has 1 aliphatic carbocycles. The number of alkyl halides is 1. The number of carboxylic acid groups (broad SMARTS) is 1. The van der Waals surface area contributed by atoms with E-state index in [0.717, 1.165) is 6.07 Å². The number of rotatable bonds is 4. The lowest BCUT2D eigenvalue weighted by atomic mass is 9.92. The first-order valence-electron chi connectivity index (χ1n) is 5.38. The summed E-state index contributed by atoms with van der Waals surface area (Å²) in [5, 5.41) is 8.78. The zero-order valence-electron chi connectivity index (χ0n) is 9.34. The van der Waals surface area contributed by atoms with E-state index in [2.05, 4.69) is 4.72 Å². The maximum Gasteiger partial charge on any atom is 0.335 e. The van der Waals surface area contributed by atoms with Gasteiger partial charge in [-0.05, 0) is 31.0 Å². The highest BCUT2D eigenvalue weighted by Crippen LogP contribution is 2.25. The van der Waals surface area contributed by atoms with Crippen molar-refractivity contribution < 1.29 is 22.7 Å². The molecule has 0 saturated heterocycles. The third-order valence-corrected chi connectivity index (χ3v) is 4.31. The number of carboxylic acids is 1. The Morgan fingerprint density at radius 1 is 1.39 bits per heavy atom. The van der Waals surface area contributed by atoms with Crippen molar-refractivity contribution in [1.82, 2.24) is 4.72 Å². The van der Waals surface area contributed by atoms with Crippen LogP contribution in [0, 0.1) is 0 Å². The predicted molar refractivity (Wildman–Crippen MR) is 61.6 cm³/mol. The molecule has 0 atom stereocenters. The maximum absolute atomic E-state index is 12.6. The standard InChI is InChI=1S/C11H12FNO4S/c12-8-5-9(6-8)13-18(16,17)10-3-1-2-7(4-10)11(14)15/h1-4,8-9,13H,5-6H2,(H,14,15). The number of halogens is 1. The highest BCUT2D eigenvalue weighted by molar-refractivity contribution is 7.89. The molecule has 1 aromatic rings. The van der Waals surface area contributed by atoms with Gasteiger partial charge in [-0.15, -0.1) is 0 Å². The second-order valence-corrected chi connectivity index (χ2v) is 5.93. The van der Waals surface area contributed by atoms with Gasteiger partial charge in [-0.25, -0.2) is 22.3 Å². The molecule has 0 aromatic heterocycles. The third-order valence-electron chi connectivity index (χ3n) is 2.79. The molecule has 0 amide bonds. The van der Waals surface area contributed by atoms with E-state index in [9.17, 15) is 17.6 Å². The molecule has 1 fully saturated rings. The van der Waals surface area contributed by atoms with Gasteiger partial charge in [-0.2, -0.15) is 0 Å². The molecule has 0 unspecified atom stereocenters. The van der Waals surface area contributed by atoms with Crippen molar-refractivity contribution in [1.29, 1.82) is 0 Å². The van der Waals surface area contributed by atoms with Gasteiger partial charge >= 0.3 is 5.97 Å². The zero-order valence-corrected chi connectivity index (χ0v) is 10.2. The summed E-state index contributed by atoms with van der Waals surface area (Å²) in [5.41, 5.74) is -0.102. The zero-order chi connectivity index (χ0) is 13.3. The molecule has 1 saturated carbocycles. The fraction of sp³-hybridized carbons (Fsp3) is 0.364. The van der Waals surface area contributed by atoms with Crippen LogP contribution in [0.2, 0.25) is 0 Å². The van der Waals surface area contributed by atoms with Crippen molar-refractivity contribution in [2.45, 2.75) is 30.0 Å². The second kappa shape index (κ2) is 4.66. The molecule has 0 spiro atoms. The monoisotopic (exact) mass is 273 g/mol. The average molecular weight is 273 g/mol. The minimum Gasteiger partial charge on any atom is -0.478 e. The number of hydrogen-bond acceptors (Lipinski definition) is 3.